The van der Waals surface area contributed by atoms with Crippen LogP contribution >= 0.6 is 22.6 Å². The van der Waals surface area contributed by atoms with Crippen LogP contribution in [0.25, 0.3) is 6.08 Å². The van der Waals surface area contributed by atoms with Crippen molar-refractivity contribution in [1.29, 1.82) is 5.26 Å². The number of anilines is 1. The lowest BCUT2D eigenvalue weighted by molar-refractivity contribution is -0.112. The molecule has 0 heterocycles. The van der Waals surface area contributed by atoms with Crippen molar-refractivity contribution in [2.24, 2.45) is 0 Å². The molecule has 1 amide bonds. The van der Waals surface area contributed by atoms with Crippen molar-refractivity contribution in [1.82, 2.24) is 0 Å². The molecule has 0 radical (unpaired) electrons. The van der Waals surface area contributed by atoms with Gasteiger partial charge in [-0.25, -0.2) is 0 Å². The number of nitrogens with zero attached hydrogens (tertiary/aromatic N) is 1. The van der Waals surface area contributed by atoms with Gasteiger partial charge in [-0.2, -0.15) is 5.26 Å². The fourth-order valence-electron chi connectivity index (χ4n) is 2.98. The number of nitrogens with one attached hydrogen (secondary N) is 1. The SMILES string of the molecule is CCOc1cccc(NC(=O)/C(C#N)=C\c2ccc(OCc3ccc(I)cc3)c(OC)c2)c1. The van der Waals surface area contributed by atoms with E-state index in [4.69, 9.17) is 14.2 Å². The second-order valence-corrected chi connectivity index (χ2v) is 8.16. The molecular formula is C26H23IN2O4. The second kappa shape index (κ2) is 11.9. The summed E-state index contributed by atoms with van der Waals surface area (Å²) in [5.41, 5.74) is 2.19. The molecular weight excluding hydrogens is 531 g/mol. The topological polar surface area (TPSA) is 80.6 Å². The van der Waals surface area contributed by atoms with Crippen LogP contribution in [0.4, 0.5) is 5.69 Å². The van der Waals surface area contributed by atoms with E-state index in [0.717, 1.165) is 9.13 Å². The van der Waals surface area contributed by atoms with Gasteiger partial charge < -0.3 is 19.5 Å². The first-order chi connectivity index (χ1) is 16.0. The fourth-order valence-corrected chi connectivity index (χ4v) is 3.34. The van der Waals surface area contributed by atoms with E-state index in [-0.39, 0.29) is 5.57 Å². The minimum atomic E-state index is -0.510. The number of hydrogen-bond acceptors (Lipinski definition) is 5. The summed E-state index contributed by atoms with van der Waals surface area (Å²) in [5.74, 6) is 1.22. The molecule has 0 aliphatic rings. The van der Waals surface area contributed by atoms with Crippen molar-refractivity contribution in [3.05, 3.63) is 87.0 Å². The second-order valence-electron chi connectivity index (χ2n) is 6.91. The summed E-state index contributed by atoms with van der Waals surface area (Å²) in [5, 5.41) is 12.3. The standard InChI is InChI=1S/C26H23IN2O4/c1-3-32-23-6-4-5-22(15-23)29-26(30)20(16-28)13-19-9-12-24(25(14-19)31-2)33-17-18-7-10-21(27)11-8-18/h4-15H,3,17H2,1-2H3,(H,29,30)/b20-13-. The average Bonchev–Trinajstić information content (AvgIpc) is 2.83. The molecule has 0 aromatic heterocycles. The first-order valence-corrected chi connectivity index (χ1v) is 11.3. The smallest absolute Gasteiger partial charge is 0.266 e. The normalized spacial score (nSPS) is 10.8. The van der Waals surface area contributed by atoms with Crippen molar-refractivity contribution in [2.45, 2.75) is 13.5 Å². The lowest BCUT2D eigenvalue weighted by atomic mass is 10.1. The van der Waals surface area contributed by atoms with Crippen molar-refractivity contribution >= 4 is 40.3 Å². The number of carbonyl (C=O) groups excluding carboxylic acids is 1. The minimum absolute atomic E-state index is 0.0357. The van der Waals surface area contributed by atoms with E-state index in [2.05, 4.69) is 27.9 Å². The molecule has 0 saturated heterocycles. The van der Waals surface area contributed by atoms with Crippen LogP contribution in [0.2, 0.25) is 0 Å². The predicted molar refractivity (Wildman–Crippen MR) is 136 cm³/mol. The Morgan fingerprint density at radius 1 is 1.06 bits per heavy atom. The highest BCUT2D eigenvalue weighted by Crippen LogP contribution is 2.30. The largest absolute Gasteiger partial charge is 0.494 e. The summed E-state index contributed by atoms with van der Waals surface area (Å²) >= 11 is 2.26. The number of amides is 1. The van der Waals surface area contributed by atoms with E-state index < -0.39 is 5.91 Å². The van der Waals surface area contributed by atoms with Crippen LogP contribution < -0.4 is 19.5 Å². The van der Waals surface area contributed by atoms with E-state index in [0.29, 0.717) is 41.7 Å². The van der Waals surface area contributed by atoms with E-state index in [1.807, 2.05) is 37.3 Å². The molecule has 168 valence electrons. The maximum absolute atomic E-state index is 12.6. The number of nitriles is 1. The first-order valence-electron chi connectivity index (χ1n) is 10.2. The number of methoxy groups -OCH3 is 1. The minimum Gasteiger partial charge on any atom is -0.494 e. The highest BCUT2D eigenvalue weighted by molar-refractivity contribution is 14.1. The molecule has 0 bridgehead atoms. The van der Waals surface area contributed by atoms with E-state index >= 15 is 0 Å². The number of hydrogen-bond donors (Lipinski definition) is 1. The zero-order valence-corrected chi connectivity index (χ0v) is 20.5. The van der Waals surface area contributed by atoms with Crippen molar-refractivity contribution in [2.75, 3.05) is 19.0 Å². The van der Waals surface area contributed by atoms with Crippen LogP contribution in [0, 0.1) is 14.9 Å². The Bertz CT molecular complexity index is 1180. The van der Waals surface area contributed by atoms with Gasteiger partial charge in [-0.15, -0.1) is 0 Å². The Morgan fingerprint density at radius 2 is 1.85 bits per heavy atom. The summed E-state index contributed by atoms with van der Waals surface area (Å²) in [6.07, 6.45) is 1.51. The molecule has 3 aromatic rings. The Kier molecular flexibility index (Phi) is 8.72. The lowest BCUT2D eigenvalue weighted by Crippen LogP contribution is -2.13. The quantitative estimate of drug-likeness (QED) is 0.205. The number of halogens is 1. The van der Waals surface area contributed by atoms with Crippen LogP contribution in [-0.4, -0.2) is 19.6 Å². The average molecular weight is 554 g/mol. The van der Waals surface area contributed by atoms with Gasteiger partial charge in [0.15, 0.2) is 11.5 Å². The van der Waals surface area contributed by atoms with Gasteiger partial charge in [-0.1, -0.05) is 24.3 Å². The Balaban J connectivity index is 1.73. The lowest BCUT2D eigenvalue weighted by Gasteiger charge is -2.12. The molecule has 0 unspecified atom stereocenters. The summed E-state index contributed by atoms with van der Waals surface area (Å²) in [7, 11) is 1.55. The monoisotopic (exact) mass is 554 g/mol. The molecule has 0 saturated carbocycles. The van der Waals surface area contributed by atoms with E-state index in [1.54, 1.807) is 49.6 Å². The third kappa shape index (κ3) is 6.99. The summed E-state index contributed by atoms with van der Waals surface area (Å²) in [6, 6.07) is 22.3. The molecule has 7 heteroatoms. The van der Waals surface area contributed by atoms with Gasteiger partial charge in [0.1, 0.15) is 24.0 Å². The van der Waals surface area contributed by atoms with Crippen molar-refractivity contribution in [3.63, 3.8) is 0 Å². The number of ether oxygens (including phenoxy) is 3. The van der Waals surface area contributed by atoms with Crippen LogP contribution in [0.5, 0.6) is 17.2 Å². The number of carbonyl (C=O) groups is 1. The number of rotatable bonds is 9. The molecule has 6 nitrogen and oxygen atoms in total. The zero-order chi connectivity index (χ0) is 23.6. The fraction of sp³-hybridized carbons (Fsp3) is 0.154. The molecule has 1 N–H and O–H groups in total. The van der Waals surface area contributed by atoms with Crippen LogP contribution in [0.15, 0.2) is 72.3 Å². The number of benzene rings is 3. The molecule has 0 atom stereocenters. The van der Waals surface area contributed by atoms with Gasteiger partial charge in [-0.05, 0) is 83.1 Å². The molecule has 0 spiro atoms. The highest BCUT2D eigenvalue weighted by Gasteiger charge is 2.12. The predicted octanol–water partition coefficient (Wildman–Crippen LogP) is 5.82. The first kappa shape index (κ1) is 24.1. The van der Waals surface area contributed by atoms with Gasteiger partial charge in [0, 0.05) is 15.3 Å². The molecule has 3 aromatic carbocycles. The maximum atomic E-state index is 12.6. The van der Waals surface area contributed by atoms with Gasteiger partial charge >= 0.3 is 0 Å². The Morgan fingerprint density at radius 3 is 2.55 bits per heavy atom. The third-order valence-electron chi connectivity index (χ3n) is 4.57. The summed E-state index contributed by atoms with van der Waals surface area (Å²) < 4.78 is 17.9. The molecule has 0 aliphatic carbocycles. The van der Waals surface area contributed by atoms with Crippen molar-refractivity contribution in [3.8, 4) is 23.3 Å². The van der Waals surface area contributed by atoms with Gasteiger partial charge in [-0.3, -0.25) is 4.79 Å². The highest BCUT2D eigenvalue weighted by atomic mass is 127. The molecule has 33 heavy (non-hydrogen) atoms. The molecule has 0 fully saturated rings. The Hall–Kier alpha value is -3.51. The van der Waals surface area contributed by atoms with Crippen molar-refractivity contribution < 1.29 is 19.0 Å². The van der Waals surface area contributed by atoms with E-state index in [9.17, 15) is 10.1 Å². The molecule has 0 aliphatic heterocycles. The van der Waals surface area contributed by atoms with Gasteiger partial charge in [0.2, 0.25) is 0 Å². The van der Waals surface area contributed by atoms with Crippen LogP contribution in [0.1, 0.15) is 18.1 Å². The third-order valence-corrected chi connectivity index (χ3v) is 5.29. The summed E-state index contributed by atoms with van der Waals surface area (Å²) in [4.78, 5) is 12.6. The zero-order valence-electron chi connectivity index (χ0n) is 18.3. The van der Waals surface area contributed by atoms with Gasteiger partial charge in [0.05, 0.1) is 13.7 Å². The van der Waals surface area contributed by atoms with Gasteiger partial charge in [0.25, 0.3) is 5.91 Å². The van der Waals surface area contributed by atoms with Crippen LogP contribution in [-0.2, 0) is 11.4 Å². The molecule has 3 rings (SSSR count). The maximum Gasteiger partial charge on any atom is 0.266 e. The Labute approximate surface area is 206 Å². The summed E-state index contributed by atoms with van der Waals surface area (Å²) in [6.45, 7) is 2.80. The van der Waals surface area contributed by atoms with E-state index in [1.165, 1.54) is 6.08 Å². The van der Waals surface area contributed by atoms with Crippen LogP contribution in [0.3, 0.4) is 0 Å².